The molecular formula is C13H11N3O7. The van der Waals surface area contributed by atoms with Gasteiger partial charge in [0.05, 0.1) is 16.8 Å². The van der Waals surface area contributed by atoms with Crippen LogP contribution in [0.1, 0.15) is 27.1 Å². The molecule has 1 atom stereocenters. The Kier molecular flexibility index (Phi) is 4.25. The summed E-state index contributed by atoms with van der Waals surface area (Å²) >= 11 is 0. The van der Waals surface area contributed by atoms with Crippen LogP contribution >= 0.6 is 0 Å². The number of carboxylic acids is 2. The van der Waals surface area contributed by atoms with E-state index in [9.17, 15) is 24.0 Å². The SMILES string of the molecule is O=C1CC(C(=O)NNc2cc(C(=O)O)ccc2C(=O)O)C(=O)N1. The van der Waals surface area contributed by atoms with E-state index < -0.39 is 35.6 Å². The molecule has 1 fully saturated rings. The first-order chi connectivity index (χ1) is 10.8. The molecular weight excluding hydrogens is 310 g/mol. The lowest BCUT2D eigenvalue weighted by atomic mass is 10.1. The highest BCUT2D eigenvalue weighted by molar-refractivity contribution is 6.13. The molecule has 120 valence electrons. The van der Waals surface area contributed by atoms with Gasteiger partial charge in [-0.3, -0.25) is 30.6 Å². The highest BCUT2D eigenvalue weighted by Gasteiger charge is 2.36. The van der Waals surface area contributed by atoms with Gasteiger partial charge in [-0.15, -0.1) is 0 Å². The summed E-state index contributed by atoms with van der Waals surface area (Å²) in [6.07, 6.45) is -0.312. The van der Waals surface area contributed by atoms with Crippen LogP contribution in [0, 0.1) is 5.92 Å². The van der Waals surface area contributed by atoms with E-state index in [2.05, 4.69) is 10.9 Å². The largest absolute Gasteiger partial charge is 0.478 e. The predicted octanol–water partition coefficient (Wildman–Crippen LogP) is -0.811. The van der Waals surface area contributed by atoms with E-state index in [0.29, 0.717) is 0 Å². The maximum absolute atomic E-state index is 11.8. The summed E-state index contributed by atoms with van der Waals surface area (Å²) in [4.78, 5) is 56.2. The Morgan fingerprint density at radius 1 is 1.13 bits per heavy atom. The van der Waals surface area contributed by atoms with E-state index in [0.717, 1.165) is 18.2 Å². The quantitative estimate of drug-likeness (QED) is 0.267. The van der Waals surface area contributed by atoms with Crippen LogP contribution in [0.2, 0.25) is 0 Å². The Bertz CT molecular complexity index is 728. The monoisotopic (exact) mass is 321 g/mol. The molecule has 10 heteroatoms. The van der Waals surface area contributed by atoms with Crippen LogP contribution < -0.4 is 16.2 Å². The maximum Gasteiger partial charge on any atom is 0.337 e. The first-order valence-electron chi connectivity index (χ1n) is 6.30. The molecule has 1 aromatic carbocycles. The molecule has 0 aliphatic carbocycles. The predicted molar refractivity (Wildman–Crippen MR) is 73.4 cm³/mol. The summed E-state index contributed by atoms with van der Waals surface area (Å²) in [6.45, 7) is 0. The van der Waals surface area contributed by atoms with Crippen molar-refractivity contribution in [2.24, 2.45) is 5.92 Å². The third kappa shape index (κ3) is 3.43. The second kappa shape index (κ2) is 6.13. The van der Waals surface area contributed by atoms with Gasteiger partial charge < -0.3 is 10.2 Å². The molecule has 1 aliphatic heterocycles. The number of carboxylic acid groups (broad SMARTS) is 2. The molecule has 0 saturated carbocycles. The number of anilines is 1. The minimum absolute atomic E-state index is 0.171. The van der Waals surface area contributed by atoms with E-state index in [4.69, 9.17) is 10.2 Å². The van der Waals surface area contributed by atoms with Crippen LogP contribution in [0.4, 0.5) is 5.69 Å². The number of hydrogen-bond donors (Lipinski definition) is 5. The first-order valence-corrected chi connectivity index (χ1v) is 6.30. The highest BCUT2D eigenvalue weighted by atomic mass is 16.4. The van der Waals surface area contributed by atoms with Crippen molar-refractivity contribution in [2.45, 2.75) is 6.42 Å². The van der Waals surface area contributed by atoms with Gasteiger partial charge in [-0.1, -0.05) is 0 Å². The Labute approximate surface area is 128 Å². The van der Waals surface area contributed by atoms with Crippen LogP contribution in [0.3, 0.4) is 0 Å². The number of hydrogen-bond acceptors (Lipinski definition) is 6. The molecule has 1 aliphatic rings. The number of carbonyl (C=O) groups excluding carboxylic acids is 3. The molecule has 10 nitrogen and oxygen atoms in total. The van der Waals surface area contributed by atoms with Gasteiger partial charge >= 0.3 is 11.9 Å². The van der Waals surface area contributed by atoms with E-state index >= 15 is 0 Å². The fourth-order valence-corrected chi connectivity index (χ4v) is 1.95. The summed E-state index contributed by atoms with van der Waals surface area (Å²) < 4.78 is 0. The Morgan fingerprint density at radius 2 is 1.83 bits per heavy atom. The van der Waals surface area contributed by atoms with E-state index in [1.807, 2.05) is 5.32 Å². The van der Waals surface area contributed by atoms with Crippen LogP contribution in [-0.2, 0) is 14.4 Å². The first kappa shape index (κ1) is 15.9. The fourth-order valence-electron chi connectivity index (χ4n) is 1.95. The topological polar surface area (TPSA) is 162 Å². The summed E-state index contributed by atoms with van der Waals surface area (Å²) in [7, 11) is 0. The van der Waals surface area contributed by atoms with Gasteiger partial charge in [-0.25, -0.2) is 9.59 Å². The van der Waals surface area contributed by atoms with Crippen molar-refractivity contribution < 1.29 is 34.2 Å². The zero-order chi connectivity index (χ0) is 17.1. The third-order valence-electron chi connectivity index (χ3n) is 3.10. The zero-order valence-electron chi connectivity index (χ0n) is 11.5. The summed E-state index contributed by atoms with van der Waals surface area (Å²) in [5, 5.41) is 19.9. The number of hydrazine groups is 1. The number of imide groups is 1. The molecule has 23 heavy (non-hydrogen) atoms. The van der Waals surface area contributed by atoms with Crippen LogP contribution in [0.25, 0.3) is 0 Å². The Morgan fingerprint density at radius 3 is 2.35 bits per heavy atom. The van der Waals surface area contributed by atoms with Gasteiger partial charge in [-0.2, -0.15) is 0 Å². The van der Waals surface area contributed by atoms with E-state index in [-0.39, 0.29) is 23.2 Å². The van der Waals surface area contributed by atoms with Gasteiger partial charge in [-0.05, 0) is 18.2 Å². The summed E-state index contributed by atoms with van der Waals surface area (Å²) in [5.74, 6) is -6.04. The van der Waals surface area contributed by atoms with Gasteiger partial charge in [0.25, 0.3) is 5.91 Å². The molecule has 0 radical (unpaired) electrons. The van der Waals surface area contributed by atoms with Crippen molar-refractivity contribution in [3.63, 3.8) is 0 Å². The zero-order valence-corrected chi connectivity index (χ0v) is 11.5. The average molecular weight is 321 g/mol. The number of carbonyl (C=O) groups is 5. The lowest BCUT2D eigenvalue weighted by molar-refractivity contribution is -0.132. The minimum atomic E-state index is -1.34. The second-order valence-electron chi connectivity index (χ2n) is 4.65. The molecule has 0 aromatic heterocycles. The summed E-state index contributed by atoms with van der Waals surface area (Å²) in [6, 6.07) is 3.18. The van der Waals surface area contributed by atoms with Gasteiger partial charge in [0.15, 0.2) is 0 Å². The van der Waals surface area contributed by atoms with Gasteiger partial charge in [0, 0.05) is 6.42 Å². The Balaban J connectivity index is 2.15. The van der Waals surface area contributed by atoms with Crippen molar-refractivity contribution in [3.8, 4) is 0 Å². The van der Waals surface area contributed by atoms with Crippen molar-refractivity contribution >= 4 is 35.3 Å². The van der Waals surface area contributed by atoms with Crippen LogP contribution in [0.15, 0.2) is 18.2 Å². The average Bonchev–Trinajstić information content (AvgIpc) is 2.83. The molecule has 1 aromatic rings. The molecule has 1 heterocycles. The number of aromatic carboxylic acids is 2. The highest BCUT2D eigenvalue weighted by Crippen LogP contribution is 2.18. The molecule has 2 rings (SSSR count). The van der Waals surface area contributed by atoms with Crippen LogP contribution in [-0.4, -0.2) is 39.9 Å². The third-order valence-corrected chi connectivity index (χ3v) is 3.10. The second-order valence-corrected chi connectivity index (χ2v) is 4.65. The molecule has 1 saturated heterocycles. The Hall–Kier alpha value is -3.43. The standard InChI is InChI=1S/C13H11N3O7/c17-9-4-7(10(18)14-9)11(19)16-15-8-3-5(12(20)21)1-2-6(8)13(22)23/h1-3,7,15H,4H2,(H,16,19)(H,20,21)(H,22,23)(H,14,17,18). The number of rotatable bonds is 5. The molecule has 5 N–H and O–H groups in total. The van der Waals surface area contributed by atoms with Gasteiger partial charge in [0.1, 0.15) is 5.92 Å². The number of amides is 3. The normalized spacial score (nSPS) is 16.6. The summed E-state index contributed by atoms with van der Waals surface area (Å²) in [5.41, 5.74) is 3.72. The minimum Gasteiger partial charge on any atom is -0.478 e. The molecule has 1 unspecified atom stereocenters. The van der Waals surface area contributed by atoms with Crippen LogP contribution in [0.5, 0.6) is 0 Å². The van der Waals surface area contributed by atoms with Crippen molar-refractivity contribution in [2.75, 3.05) is 5.43 Å². The smallest absolute Gasteiger partial charge is 0.337 e. The van der Waals surface area contributed by atoms with Crippen molar-refractivity contribution in [1.82, 2.24) is 10.7 Å². The fraction of sp³-hybridized carbons (Fsp3) is 0.154. The lowest BCUT2D eigenvalue weighted by Gasteiger charge is -2.13. The number of nitrogens with one attached hydrogen (secondary N) is 3. The van der Waals surface area contributed by atoms with E-state index in [1.165, 1.54) is 0 Å². The number of benzene rings is 1. The van der Waals surface area contributed by atoms with Gasteiger partial charge in [0.2, 0.25) is 11.8 Å². The van der Waals surface area contributed by atoms with Crippen molar-refractivity contribution in [3.05, 3.63) is 29.3 Å². The molecule has 0 bridgehead atoms. The molecule has 0 spiro atoms. The molecule has 3 amide bonds. The van der Waals surface area contributed by atoms with Crippen molar-refractivity contribution in [1.29, 1.82) is 0 Å². The van der Waals surface area contributed by atoms with E-state index in [1.54, 1.807) is 0 Å². The lowest BCUT2D eigenvalue weighted by Crippen LogP contribution is -2.38. The maximum atomic E-state index is 11.8.